The minimum absolute atomic E-state index is 0.134. The Morgan fingerprint density at radius 3 is 2.57 bits per heavy atom. The van der Waals surface area contributed by atoms with Crippen molar-refractivity contribution in [3.63, 3.8) is 0 Å². The van der Waals surface area contributed by atoms with E-state index in [1.54, 1.807) is 30.6 Å². The lowest BCUT2D eigenvalue weighted by molar-refractivity contribution is 0.0358. The number of morpholine rings is 1. The van der Waals surface area contributed by atoms with Crippen molar-refractivity contribution < 1.29 is 4.74 Å². The van der Waals surface area contributed by atoms with E-state index in [1.807, 2.05) is 0 Å². The first kappa shape index (κ1) is 14.3. The van der Waals surface area contributed by atoms with E-state index in [-0.39, 0.29) is 5.69 Å². The largest absolute Gasteiger partial charge is 0.379 e. The van der Waals surface area contributed by atoms with Gasteiger partial charge in [-0.05, 0) is 24.3 Å². The van der Waals surface area contributed by atoms with E-state index in [0.717, 1.165) is 38.5 Å². The highest BCUT2D eigenvalue weighted by molar-refractivity contribution is 6.30. The summed E-state index contributed by atoms with van der Waals surface area (Å²) >= 11 is 5.86. The van der Waals surface area contributed by atoms with Gasteiger partial charge in [-0.2, -0.15) is 5.10 Å². The van der Waals surface area contributed by atoms with Crippen LogP contribution in [-0.4, -0.2) is 52.1 Å². The minimum Gasteiger partial charge on any atom is -0.379 e. The zero-order chi connectivity index (χ0) is 14.7. The van der Waals surface area contributed by atoms with Gasteiger partial charge >= 0.3 is 5.69 Å². The summed E-state index contributed by atoms with van der Waals surface area (Å²) < 4.78 is 8.32. The Kier molecular flexibility index (Phi) is 4.38. The number of hydrogen-bond acceptors (Lipinski definition) is 4. The third kappa shape index (κ3) is 3.34. The quantitative estimate of drug-likeness (QED) is 0.846. The molecule has 2 aromatic rings. The summed E-state index contributed by atoms with van der Waals surface area (Å²) in [6.07, 6.45) is 1.55. The molecule has 2 heterocycles. The van der Waals surface area contributed by atoms with Crippen molar-refractivity contribution in [2.24, 2.45) is 0 Å². The molecule has 0 saturated carbocycles. The normalized spacial score (nSPS) is 16.2. The van der Waals surface area contributed by atoms with Crippen LogP contribution in [0.3, 0.4) is 0 Å². The molecule has 0 amide bonds. The average molecular weight is 309 g/mol. The van der Waals surface area contributed by atoms with Crippen LogP contribution < -0.4 is 5.69 Å². The summed E-state index contributed by atoms with van der Waals surface area (Å²) in [5.41, 5.74) is 0.632. The molecule has 21 heavy (non-hydrogen) atoms. The Bertz CT molecular complexity index is 644. The van der Waals surface area contributed by atoms with Crippen molar-refractivity contribution >= 4 is 11.6 Å². The number of nitrogens with zero attached hydrogens (tertiary/aromatic N) is 4. The third-order valence-electron chi connectivity index (χ3n) is 3.57. The first-order valence-electron chi connectivity index (χ1n) is 6.94. The molecule has 0 atom stereocenters. The first-order valence-corrected chi connectivity index (χ1v) is 7.32. The summed E-state index contributed by atoms with van der Waals surface area (Å²) in [7, 11) is 0. The molecule has 1 aliphatic rings. The highest BCUT2D eigenvalue weighted by Gasteiger charge is 2.12. The van der Waals surface area contributed by atoms with E-state index < -0.39 is 0 Å². The standard InChI is InChI=1S/C14H17ClN4O2/c15-12-1-3-13(4-2-12)18-11-16-19(14(18)20)6-5-17-7-9-21-10-8-17/h1-4,11H,5-10H2. The molecular formula is C14H17ClN4O2. The molecule has 1 aliphatic heterocycles. The Morgan fingerprint density at radius 1 is 1.14 bits per heavy atom. The zero-order valence-corrected chi connectivity index (χ0v) is 12.4. The third-order valence-corrected chi connectivity index (χ3v) is 3.82. The number of halogens is 1. The van der Waals surface area contributed by atoms with Gasteiger partial charge in [0.2, 0.25) is 0 Å². The van der Waals surface area contributed by atoms with Crippen LogP contribution >= 0.6 is 11.6 Å². The van der Waals surface area contributed by atoms with E-state index in [1.165, 1.54) is 9.25 Å². The molecule has 3 rings (SSSR count). The number of rotatable bonds is 4. The maximum Gasteiger partial charge on any atom is 0.350 e. The first-order chi connectivity index (χ1) is 10.2. The highest BCUT2D eigenvalue weighted by atomic mass is 35.5. The zero-order valence-electron chi connectivity index (χ0n) is 11.6. The van der Waals surface area contributed by atoms with Gasteiger partial charge < -0.3 is 4.74 Å². The molecule has 0 N–H and O–H groups in total. The van der Waals surface area contributed by atoms with Crippen LogP contribution in [0.25, 0.3) is 5.69 Å². The fourth-order valence-corrected chi connectivity index (χ4v) is 2.46. The van der Waals surface area contributed by atoms with Gasteiger partial charge in [-0.15, -0.1) is 0 Å². The van der Waals surface area contributed by atoms with Crippen molar-refractivity contribution in [1.82, 2.24) is 19.2 Å². The number of aromatic nitrogens is 3. The molecule has 1 aromatic heterocycles. The lowest BCUT2D eigenvalue weighted by atomic mass is 10.3. The van der Waals surface area contributed by atoms with E-state index in [0.29, 0.717) is 11.6 Å². The maximum atomic E-state index is 12.3. The Balaban J connectivity index is 1.70. The van der Waals surface area contributed by atoms with Gasteiger partial charge in [-0.25, -0.2) is 14.0 Å². The van der Waals surface area contributed by atoms with Gasteiger partial charge in [0.1, 0.15) is 6.33 Å². The van der Waals surface area contributed by atoms with Crippen LogP contribution in [0.1, 0.15) is 0 Å². The average Bonchev–Trinajstić information content (AvgIpc) is 2.88. The fourth-order valence-electron chi connectivity index (χ4n) is 2.33. The van der Waals surface area contributed by atoms with Crippen molar-refractivity contribution in [2.75, 3.05) is 32.8 Å². The number of benzene rings is 1. The summed E-state index contributed by atoms with van der Waals surface area (Å²) in [4.78, 5) is 14.6. The van der Waals surface area contributed by atoms with Crippen molar-refractivity contribution in [2.45, 2.75) is 6.54 Å². The second kappa shape index (κ2) is 6.43. The molecule has 112 valence electrons. The van der Waals surface area contributed by atoms with E-state index in [4.69, 9.17) is 16.3 Å². The van der Waals surface area contributed by atoms with E-state index in [2.05, 4.69) is 10.00 Å². The second-order valence-electron chi connectivity index (χ2n) is 4.94. The van der Waals surface area contributed by atoms with Crippen LogP contribution in [0.5, 0.6) is 0 Å². The molecule has 0 aliphatic carbocycles. The van der Waals surface area contributed by atoms with Gasteiger partial charge in [-0.1, -0.05) is 11.6 Å². The lowest BCUT2D eigenvalue weighted by Gasteiger charge is -2.26. The van der Waals surface area contributed by atoms with Crippen molar-refractivity contribution in [3.8, 4) is 5.69 Å². The smallest absolute Gasteiger partial charge is 0.350 e. The maximum absolute atomic E-state index is 12.3. The molecule has 0 bridgehead atoms. The summed E-state index contributed by atoms with van der Waals surface area (Å²) in [6.45, 7) is 4.72. The van der Waals surface area contributed by atoms with Crippen LogP contribution in [0.4, 0.5) is 0 Å². The Hall–Kier alpha value is -1.63. The number of ether oxygens (including phenoxy) is 1. The molecule has 7 heteroatoms. The molecule has 0 spiro atoms. The summed E-state index contributed by atoms with van der Waals surface area (Å²) in [5.74, 6) is 0. The molecular weight excluding hydrogens is 292 g/mol. The van der Waals surface area contributed by atoms with E-state index >= 15 is 0 Å². The highest BCUT2D eigenvalue weighted by Crippen LogP contribution is 2.11. The van der Waals surface area contributed by atoms with Gasteiger partial charge in [0, 0.05) is 24.7 Å². The summed E-state index contributed by atoms with van der Waals surface area (Å²) in [5, 5.41) is 4.82. The van der Waals surface area contributed by atoms with Crippen LogP contribution in [0, 0.1) is 0 Å². The molecule has 1 saturated heterocycles. The minimum atomic E-state index is -0.134. The summed E-state index contributed by atoms with van der Waals surface area (Å²) in [6, 6.07) is 7.12. The topological polar surface area (TPSA) is 52.3 Å². The predicted molar refractivity (Wildman–Crippen MR) is 80.1 cm³/mol. The number of hydrogen-bond donors (Lipinski definition) is 0. The molecule has 0 radical (unpaired) electrons. The van der Waals surface area contributed by atoms with Crippen molar-refractivity contribution in [3.05, 3.63) is 46.1 Å². The van der Waals surface area contributed by atoms with Gasteiger partial charge in [-0.3, -0.25) is 4.90 Å². The van der Waals surface area contributed by atoms with Crippen molar-refractivity contribution in [1.29, 1.82) is 0 Å². The predicted octanol–water partition coefficient (Wildman–Crippen LogP) is 1.02. The van der Waals surface area contributed by atoms with Gasteiger partial charge in [0.05, 0.1) is 25.4 Å². The molecule has 1 fully saturated rings. The van der Waals surface area contributed by atoms with Crippen LogP contribution in [0.2, 0.25) is 5.02 Å². The Labute approximate surface area is 127 Å². The SMILES string of the molecule is O=c1n(-c2ccc(Cl)cc2)cnn1CCN1CCOCC1. The molecule has 1 aromatic carbocycles. The van der Waals surface area contributed by atoms with Crippen LogP contribution in [0.15, 0.2) is 35.4 Å². The second-order valence-corrected chi connectivity index (χ2v) is 5.37. The van der Waals surface area contributed by atoms with Crippen LogP contribution in [-0.2, 0) is 11.3 Å². The van der Waals surface area contributed by atoms with Gasteiger partial charge in [0.25, 0.3) is 0 Å². The van der Waals surface area contributed by atoms with Gasteiger partial charge in [0.15, 0.2) is 0 Å². The molecule has 0 unspecified atom stereocenters. The Morgan fingerprint density at radius 2 is 1.86 bits per heavy atom. The monoisotopic (exact) mass is 308 g/mol. The molecule has 6 nitrogen and oxygen atoms in total. The van der Waals surface area contributed by atoms with E-state index in [9.17, 15) is 4.79 Å². The lowest BCUT2D eigenvalue weighted by Crippen LogP contribution is -2.39. The fraction of sp³-hybridized carbons (Fsp3) is 0.429.